The molecule has 0 saturated heterocycles. The molecule has 6 nitrogen and oxygen atoms in total. The molecule has 1 atom stereocenters. The zero-order valence-electron chi connectivity index (χ0n) is 17.7. The van der Waals surface area contributed by atoms with Crippen LogP contribution in [0, 0.1) is 5.92 Å². The van der Waals surface area contributed by atoms with E-state index in [0.29, 0.717) is 5.75 Å². The van der Waals surface area contributed by atoms with Gasteiger partial charge in [0.1, 0.15) is 18.8 Å². The first-order valence-electron chi connectivity index (χ1n) is 10.1. The number of sulfonamides is 1. The number of methoxy groups -OCH3 is 1. The summed E-state index contributed by atoms with van der Waals surface area (Å²) in [6.45, 7) is -0.604. The molecule has 2 aromatic carbocycles. The van der Waals surface area contributed by atoms with Crippen molar-refractivity contribution in [3.63, 3.8) is 0 Å². The van der Waals surface area contributed by atoms with Gasteiger partial charge in [0.15, 0.2) is 0 Å². The van der Waals surface area contributed by atoms with E-state index in [1.165, 1.54) is 55.6 Å². The standard InChI is InChI=1S/C22H25F3N2O4S/c1-16(17-8-9-17)26(15-22(23,24)25)21(28)14-27(18-10-12-19(31-2)13-11-18)32(29,30)20-6-4-3-5-7-20/h3-7,10-13,16-17H,8-9,14-15H2,1-2H3/t16-/m1/s1. The highest BCUT2D eigenvalue weighted by molar-refractivity contribution is 7.92. The first-order chi connectivity index (χ1) is 15.0. The molecule has 1 fully saturated rings. The lowest BCUT2D eigenvalue weighted by Gasteiger charge is -2.33. The topological polar surface area (TPSA) is 66.9 Å². The van der Waals surface area contributed by atoms with Crippen molar-refractivity contribution < 1.29 is 31.1 Å². The molecule has 32 heavy (non-hydrogen) atoms. The maximum Gasteiger partial charge on any atom is 0.406 e. The number of hydrogen-bond donors (Lipinski definition) is 0. The second-order valence-corrected chi connectivity index (χ2v) is 9.60. The van der Waals surface area contributed by atoms with Gasteiger partial charge in [0.2, 0.25) is 5.91 Å². The Hall–Kier alpha value is -2.75. The van der Waals surface area contributed by atoms with Crippen LogP contribution in [0.2, 0.25) is 0 Å². The third kappa shape index (κ3) is 5.73. The van der Waals surface area contributed by atoms with Gasteiger partial charge >= 0.3 is 6.18 Å². The van der Waals surface area contributed by atoms with E-state index in [-0.39, 0.29) is 16.5 Å². The van der Waals surface area contributed by atoms with Crippen LogP contribution in [0.25, 0.3) is 0 Å². The molecule has 0 spiro atoms. The molecule has 0 heterocycles. The van der Waals surface area contributed by atoms with Gasteiger partial charge in [-0.2, -0.15) is 13.2 Å². The highest BCUT2D eigenvalue weighted by Crippen LogP contribution is 2.36. The fraction of sp³-hybridized carbons (Fsp3) is 0.409. The molecule has 1 amide bonds. The molecule has 0 bridgehead atoms. The van der Waals surface area contributed by atoms with Crippen LogP contribution in [0.15, 0.2) is 59.5 Å². The van der Waals surface area contributed by atoms with Crippen molar-refractivity contribution in [1.82, 2.24) is 4.90 Å². The Morgan fingerprint density at radius 2 is 1.69 bits per heavy atom. The average Bonchev–Trinajstić information content (AvgIpc) is 3.61. The lowest BCUT2D eigenvalue weighted by molar-refractivity contribution is -0.165. The fourth-order valence-corrected chi connectivity index (χ4v) is 4.92. The molecule has 1 aliphatic carbocycles. The number of benzene rings is 2. The van der Waals surface area contributed by atoms with Gasteiger partial charge in [0.25, 0.3) is 10.0 Å². The number of rotatable bonds is 9. The van der Waals surface area contributed by atoms with Gasteiger partial charge in [0.05, 0.1) is 17.7 Å². The van der Waals surface area contributed by atoms with E-state index >= 15 is 0 Å². The minimum absolute atomic E-state index is 0.0125. The van der Waals surface area contributed by atoms with Crippen molar-refractivity contribution in [1.29, 1.82) is 0 Å². The largest absolute Gasteiger partial charge is 0.497 e. The summed E-state index contributed by atoms with van der Waals surface area (Å²) in [6.07, 6.45) is -3.11. The molecule has 0 N–H and O–H groups in total. The van der Waals surface area contributed by atoms with E-state index in [1.807, 2.05) is 0 Å². The summed E-state index contributed by atoms with van der Waals surface area (Å²) in [4.78, 5) is 13.8. The van der Waals surface area contributed by atoms with E-state index in [9.17, 15) is 26.4 Å². The monoisotopic (exact) mass is 470 g/mol. The molecular formula is C22H25F3N2O4S. The summed E-state index contributed by atoms with van der Waals surface area (Å²) < 4.78 is 72.3. The van der Waals surface area contributed by atoms with Gasteiger partial charge in [-0.1, -0.05) is 18.2 Å². The van der Waals surface area contributed by atoms with E-state index in [1.54, 1.807) is 13.0 Å². The summed E-state index contributed by atoms with van der Waals surface area (Å²) in [5.74, 6) is -0.447. The van der Waals surface area contributed by atoms with Gasteiger partial charge < -0.3 is 9.64 Å². The average molecular weight is 471 g/mol. The molecule has 0 radical (unpaired) electrons. The van der Waals surface area contributed by atoms with Crippen LogP contribution in [0.4, 0.5) is 18.9 Å². The maximum absolute atomic E-state index is 13.3. The van der Waals surface area contributed by atoms with Crippen LogP contribution in [0.5, 0.6) is 5.75 Å². The lowest BCUT2D eigenvalue weighted by Crippen LogP contribution is -2.50. The predicted molar refractivity (Wildman–Crippen MR) is 114 cm³/mol. The van der Waals surface area contributed by atoms with Crippen molar-refractivity contribution in [3.05, 3.63) is 54.6 Å². The van der Waals surface area contributed by atoms with E-state index in [0.717, 1.165) is 22.0 Å². The number of hydrogen-bond acceptors (Lipinski definition) is 4. The number of ether oxygens (including phenoxy) is 1. The Bertz CT molecular complexity index is 1020. The van der Waals surface area contributed by atoms with Gasteiger partial charge in [-0.15, -0.1) is 0 Å². The third-order valence-electron chi connectivity index (χ3n) is 5.44. The molecular weight excluding hydrogens is 445 g/mol. The zero-order chi connectivity index (χ0) is 23.5. The maximum atomic E-state index is 13.3. The Morgan fingerprint density at radius 1 is 1.09 bits per heavy atom. The Kier molecular flexibility index (Phi) is 7.02. The van der Waals surface area contributed by atoms with Crippen LogP contribution in [-0.4, -0.2) is 51.6 Å². The van der Waals surface area contributed by atoms with Crippen molar-refractivity contribution in [3.8, 4) is 5.75 Å². The van der Waals surface area contributed by atoms with Crippen molar-refractivity contribution in [2.24, 2.45) is 5.92 Å². The first-order valence-corrected chi connectivity index (χ1v) is 11.5. The molecule has 0 unspecified atom stereocenters. The van der Waals surface area contributed by atoms with Crippen molar-refractivity contribution in [2.75, 3.05) is 24.5 Å². The number of carbonyl (C=O) groups is 1. The van der Waals surface area contributed by atoms with Crippen LogP contribution in [0.3, 0.4) is 0 Å². The number of nitrogens with zero attached hydrogens (tertiary/aromatic N) is 2. The number of carbonyl (C=O) groups excluding carboxylic acids is 1. The van der Waals surface area contributed by atoms with Crippen LogP contribution in [0.1, 0.15) is 19.8 Å². The number of anilines is 1. The van der Waals surface area contributed by atoms with E-state index < -0.39 is 41.2 Å². The number of alkyl halides is 3. The Labute approximate surface area is 185 Å². The summed E-state index contributed by atoms with van der Waals surface area (Å²) in [7, 11) is -2.76. The third-order valence-corrected chi connectivity index (χ3v) is 7.22. The van der Waals surface area contributed by atoms with E-state index in [4.69, 9.17) is 4.74 Å². The zero-order valence-corrected chi connectivity index (χ0v) is 18.6. The van der Waals surface area contributed by atoms with Crippen LogP contribution < -0.4 is 9.04 Å². The second kappa shape index (κ2) is 9.40. The predicted octanol–water partition coefficient (Wildman–Crippen LogP) is 4.08. The summed E-state index contributed by atoms with van der Waals surface area (Å²) in [5.41, 5.74) is 0.147. The van der Waals surface area contributed by atoms with E-state index in [2.05, 4.69) is 0 Å². The molecule has 1 saturated carbocycles. The van der Waals surface area contributed by atoms with Gasteiger partial charge in [-0.05, 0) is 62.1 Å². The molecule has 0 aliphatic heterocycles. The number of halogens is 3. The smallest absolute Gasteiger partial charge is 0.406 e. The van der Waals surface area contributed by atoms with Crippen molar-refractivity contribution in [2.45, 2.75) is 36.9 Å². The normalized spacial score (nSPS) is 15.2. The molecule has 0 aromatic heterocycles. The minimum Gasteiger partial charge on any atom is -0.497 e. The van der Waals surface area contributed by atoms with Gasteiger partial charge in [0, 0.05) is 6.04 Å². The summed E-state index contributed by atoms with van der Waals surface area (Å²) in [5, 5.41) is 0. The van der Waals surface area contributed by atoms with Gasteiger partial charge in [-0.25, -0.2) is 8.42 Å². The number of amides is 1. The van der Waals surface area contributed by atoms with Gasteiger partial charge in [-0.3, -0.25) is 9.10 Å². The fourth-order valence-electron chi connectivity index (χ4n) is 3.48. The Morgan fingerprint density at radius 3 is 2.19 bits per heavy atom. The Balaban J connectivity index is 1.97. The van der Waals surface area contributed by atoms with Crippen LogP contribution >= 0.6 is 0 Å². The first kappa shape index (κ1) is 23.9. The summed E-state index contributed by atoms with van der Waals surface area (Å²) in [6, 6.07) is 12.8. The molecule has 2 aromatic rings. The van der Waals surface area contributed by atoms with Crippen molar-refractivity contribution >= 4 is 21.6 Å². The second-order valence-electron chi connectivity index (χ2n) is 7.74. The molecule has 10 heteroatoms. The molecule has 174 valence electrons. The minimum atomic E-state index is -4.60. The quantitative estimate of drug-likeness (QED) is 0.554. The molecule has 1 aliphatic rings. The highest BCUT2D eigenvalue weighted by atomic mass is 32.2. The SMILES string of the molecule is COc1ccc(N(CC(=O)N(CC(F)(F)F)[C@H](C)C2CC2)S(=O)(=O)c2ccccc2)cc1. The summed E-state index contributed by atoms with van der Waals surface area (Å²) >= 11 is 0. The molecule has 3 rings (SSSR count). The van der Waals surface area contributed by atoms with Crippen LogP contribution in [-0.2, 0) is 14.8 Å². The lowest BCUT2D eigenvalue weighted by atomic mass is 10.1. The highest BCUT2D eigenvalue weighted by Gasteiger charge is 2.41.